The lowest BCUT2D eigenvalue weighted by molar-refractivity contribution is -0.112. The average molecular weight is 274 g/mol. The summed E-state index contributed by atoms with van der Waals surface area (Å²) in [5.41, 5.74) is 1.81. The van der Waals surface area contributed by atoms with Gasteiger partial charge >= 0.3 is 0 Å². The van der Waals surface area contributed by atoms with E-state index >= 15 is 0 Å². The van der Waals surface area contributed by atoms with Crippen molar-refractivity contribution in [2.45, 2.75) is 24.0 Å². The standard InChI is InChI=1S/C13H10N2O3S/c1-6-7(2)18-13(14-6)19-8-3-4-9-10(5-8)15-12(17)11(9)16/h3-5H,1-2H3,(H,15,16,17). The lowest BCUT2D eigenvalue weighted by atomic mass is 10.1. The van der Waals surface area contributed by atoms with Gasteiger partial charge in [0.05, 0.1) is 16.9 Å². The zero-order chi connectivity index (χ0) is 13.6. The predicted octanol–water partition coefficient (Wildman–Crippen LogP) is 2.58. The van der Waals surface area contributed by atoms with Crippen molar-refractivity contribution in [1.29, 1.82) is 0 Å². The monoisotopic (exact) mass is 274 g/mol. The number of carbonyl (C=O) groups excluding carboxylic acids is 2. The van der Waals surface area contributed by atoms with Crippen LogP contribution in [0, 0.1) is 13.8 Å². The van der Waals surface area contributed by atoms with Crippen molar-refractivity contribution in [3.8, 4) is 0 Å². The highest BCUT2D eigenvalue weighted by molar-refractivity contribution is 7.99. The van der Waals surface area contributed by atoms with E-state index in [0.29, 0.717) is 16.5 Å². The Morgan fingerprint density at radius 2 is 2.05 bits per heavy atom. The number of amides is 1. The summed E-state index contributed by atoms with van der Waals surface area (Å²) in [5, 5.41) is 3.08. The van der Waals surface area contributed by atoms with Crippen molar-refractivity contribution in [1.82, 2.24) is 4.98 Å². The highest BCUT2D eigenvalue weighted by Crippen LogP contribution is 2.33. The first kappa shape index (κ1) is 12.0. The first-order valence-electron chi connectivity index (χ1n) is 5.66. The zero-order valence-corrected chi connectivity index (χ0v) is 11.1. The summed E-state index contributed by atoms with van der Waals surface area (Å²) >= 11 is 1.35. The Morgan fingerprint density at radius 1 is 1.26 bits per heavy atom. The van der Waals surface area contributed by atoms with E-state index in [-0.39, 0.29) is 0 Å². The number of hydrogen-bond acceptors (Lipinski definition) is 5. The SMILES string of the molecule is Cc1nc(Sc2ccc3c(c2)NC(=O)C3=O)oc1C. The lowest BCUT2D eigenvalue weighted by Crippen LogP contribution is -2.12. The molecule has 0 spiro atoms. The van der Waals surface area contributed by atoms with Crippen LogP contribution in [0.25, 0.3) is 0 Å². The highest BCUT2D eigenvalue weighted by atomic mass is 32.2. The van der Waals surface area contributed by atoms with E-state index in [9.17, 15) is 9.59 Å². The molecule has 0 fully saturated rings. The maximum absolute atomic E-state index is 11.5. The third-order valence-electron chi connectivity index (χ3n) is 2.90. The first-order chi connectivity index (χ1) is 9.04. The van der Waals surface area contributed by atoms with Gasteiger partial charge < -0.3 is 9.73 Å². The molecule has 1 amide bonds. The van der Waals surface area contributed by atoms with Crippen molar-refractivity contribution in [2.24, 2.45) is 0 Å². The third-order valence-corrected chi connectivity index (χ3v) is 3.74. The second-order valence-electron chi connectivity index (χ2n) is 4.21. The minimum atomic E-state index is -0.583. The number of nitrogens with one attached hydrogen (secondary N) is 1. The molecule has 5 nitrogen and oxygen atoms in total. The van der Waals surface area contributed by atoms with Crippen LogP contribution in [0.2, 0.25) is 0 Å². The molecule has 6 heteroatoms. The van der Waals surface area contributed by atoms with Gasteiger partial charge in [0.25, 0.3) is 16.9 Å². The molecule has 19 heavy (non-hydrogen) atoms. The summed E-state index contributed by atoms with van der Waals surface area (Å²) in [6.07, 6.45) is 0. The number of ketones is 1. The molecule has 96 valence electrons. The molecule has 0 saturated heterocycles. The van der Waals surface area contributed by atoms with E-state index in [1.807, 2.05) is 13.8 Å². The van der Waals surface area contributed by atoms with Crippen LogP contribution in [0.5, 0.6) is 0 Å². The van der Waals surface area contributed by atoms with Gasteiger partial charge in [0, 0.05) is 4.90 Å². The topological polar surface area (TPSA) is 72.2 Å². The lowest BCUT2D eigenvalue weighted by Gasteiger charge is -2.00. The Morgan fingerprint density at radius 3 is 2.74 bits per heavy atom. The Labute approximate surface area is 113 Å². The second kappa shape index (κ2) is 4.24. The normalized spacial score (nSPS) is 13.6. The fourth-order valence-electron chi connectivity index (χ4n) is 1.78. The molecule has 0 bridgehead atoms. The molecular weight excluding hydrogens is 264 g/mol. The minimum absolute atomic E-state index is 0.411. The fourth-order valence-corrected chi connectivity index (χ4v) is 2.64. The van der Waals surface area contributed by atoms with Crippen LogP contribution >= 0.6 is 11.8 Å². The summed E-state index contributed by atoms with van der Waals surface area (Å²) in [6, 6.07) is 5.16. The molecule has 1 aliphatic heterocycles. The average Bonchev–Trinajstić information content (AvgIpc) is 2.81. The number of nitrogens with zero attached hydrogens (tertiary/aromatic N) is 1. The Balaban J connectivity index is 1.90. The van der Waals surface area contributed by atoms with Gasteiger partial charge in [0.2, 0.25) is 0 Å². The maximum atomic E-state index is 11.5. The molecule has 2 aromatic rings. The van der Waals surface area contributed by atoms with E-state index in [1.54, 1.807) is 18.2 Å². The van der Waals surface area contributed by atoms with E-state index in [2.05, 4.69) is 10.3 Å². The third kappa shape index (κ3) is 2.04. The predicted molar refractivity (Wildman–Crippen MR) is 69.5 cm³/mol. The van der Waals surface area contributed by atoms with E-state index in [1.165, 1.54) is 11.8 Å². The van der Waals surface area contributed by atoms with Gasteiger partial charge in [-0.15, -0.1) is 0 Å². The van der Waals surface area contributed by atoms with Crippen LogP contribution in [0.3, 0.4) is 0 Å². The summed E-state index contributed by atoms with van der Waals surface area (Å²) in [5.74, 6) is -0.290. The summed E-state index contributed by atoms with van der Waals surface area (Å²) in [7, 11) is 0. The fraction of sp³-hybridized carbons (Fsp3) is 0.154. The summed E-state index contributed by atoms with van der Waals surface area (Å²) in [4.78, 5) is 27.8. The van der Waals surface area contributed by atoms with Crippen LogP contribution < -0.4 is 5.32 Å². The molecule has 3 rings (SSSR count). The van der Waals surface area contributed by atoms with E-state index in [4.69, 9.17) is 4.42 Å². The number of rotatable bonds is 2. The smallest absolute Gasteiger partial charge is 0.296 e. The van der Waals surface area contributed by atoms with Gasteiger partial charge in [0.1, 0.15) is 5.76 Å². The number of hydrogen-bond donors (Lipinski definition) is 1. The number of aryl methyl sites for hydroxylation is 2. The largest absolute Gasteiger partial charge is 0.436 e. The zero-order valence-electron chi connectivity index (χ0n) is 10.3. The van der Waals surface area contributed by atoms with Gasteiger partial charge in [-0.25, -0.2) is 4.98 Å². The van der Waals surface area contributed by atoms with Crippen molar-refractivity contribution in [3.05, 3.63) is 35.2 Å². The molecule has 1 aromatic heterocycles. The number of anilines is 1. The van der Waals surface area contributed by atoms with Crippen LogP contribution in [0.1, 0.15) is 21.8 Å². The van der Waals surface area contributed by atoms with E-state index < -0.39 is 11.7 Å². The van der Waals surface area contributed by atoms with Crippen molar-refractivity contribution in [2.75, 3.05) is 5.32 Å². The first-order valence-corrected chi connectivity index (χ1v) is 6.48. The Hall–Kier alpha value is -2.08. The molecular formula is C13H10N2O3S. The molecule has 1 aliphatic rings. The van der Waals surface area contributed by atoms with Gasteiger partial charge in [-0.1, -0.05) is 0 Å². The Bertz CT molecular complexity index is 686. The number of carbonyl (C=O) groups is 2. The number of oxazole rings is 1. The molecule has 0 unspecified atom stereocenters. The summed E-state index contributed by atoms with van der Waals surface area (Å²) in [6.45, 7) is 3.73. The van der Waals surface area contributed by atoms with Crippen LogP contribution in [0.4, 0.5) is 5.69 Å². The second-order valence-corrected chi connectivity index (χ2v) is 5.24. The van der Waals surface area contributed by atoms with Crippen LogP contribution in [0.15, 0.2) is 32.7 Å². The maximum Gasteiger partial charge on any atom is 0.296 e. The van der Waals surface area contributed by atoms with Gasteiger partial charge in [0.15, 0.2) is 0 Å². The minimum Gasteiger partial charge on any atom is -0.436 e. The summed E-state index contributed by atoms with van der Waals surface area (Å²) < 4.78 is 5.48. The van der Waals surface area contributed by atoms with Gasteiger partial charge in [-0.3, -0.25) is 9.59 Å². The number of Topliss-reactive ketones (excluding diaryl/α,β-unsaturated/α-hetero) is 1. The molecule has 0 aliphatic carbocycles. The number of aromatic nitrogens is 1. The van der Waals surface area contributed by atoms with Gasteiger partial charge in [-0.05, 0) is 43.8 Å². The van der Waals surface area contributed by atoms with Crippen molar-refractivity contribution >= 4 is 29.1 Å². The number of benzene rings is 1. The molecule has 1 aromatic carbocycles. The van der Waals surface area contributed by atoms with Crippen molar-refractivity contribution < 1.29 is 14.0 Å². The van der Waals surface area contributed by atoms with Gasteiger partial charge in [-0.2, -0.15) is 0 Å². The molecule has 2 heterocycles. The Kier molecular flexibility index (Phi) is 2.67. The number of fused-ring (bicyclic) bond motifs is 1. The molecule has 1 N–H and O–H groups in total. The van der Waals surface area contributed by atoms with Crippen LogP contribution in [-0.4, -0.2) is 16.7 Å². The molecule has 0 atom stereocenters. The van der Waals surface area contributed by atoms with Crippen LogP contribution in [-0.2, 0) is 4.79 Å². The molecule has 0 radical (unpaired) electrons. The van der Waals surface area contributed by atoms with Crippen molar-refractivity contribution in [3.63, 3.8) is 0 Å². The quantitative estimate of drug-likeness (QED) is 0.852. The molecule has 0 saturated carbocycles. The van der Waals surface area contributed by atoms with E-state index in [0.717, 1.165) is 16.3 Å². The highest BCUT2D eigenvalue weighted by Gasteiger charge is 2.27.